The first-order valence-corrected chi connectivity index (χ1v) is 12.9. The van der Waals surface area contributed by atoms with E-state index in [1.54, 1.807) is 29.0 Å². The van der Waals surface area contributed by atoms with E-state index in [0.29, 0.717) is 23.4 Å². The number of piperazine rings is 1. The van der Waals surface area contributed by atoms with Crippen LogP contribution in [0, 0.1) is 18.8 Å². The summed E-state index contributed by atoms with van der Waals surface area (Å²) >= 11 is 0. The number of anilines is 1. The maximum Gasteiger partial charge on any atom is 0.416 e. The molecule has 5 rings (SSSR count). The normalized spacial score (nSPS) is 14.1. The maximum absolute atomic E-state index is 13.0. The number of nitrogens with two attached hydrogens (primary N) is 1. The smallest absolute Gasteiger partial charge is 0.416 e. The highest BCUT2D eigenvalue weighted by Crippen LogP contribution is 2.34. The summed E-state index contributed by atoms with van der Waals surface area (Å²) in [7, 11) is 3.37. The number of imidazole rings is 1. The molecule has 0 radical (unpaired) electrons. The van der Waals surface area contributed by atoms with Gasteiger partial charge in [0.05, 0.1) is 24.4 Å². The van der Waals surface area contributed by atoms with Gasteiger partial charge in [0, 0.05) is 50.2 Å². The quantitative estimate of drug-likeness (QED) is 0.226. The van der Waals surface area contributed by atoms with Gasteiger partial charge in [0.2, 0.25) is 0 Å². The number of esters is 1. The van der Waals surface area contributed by atoms with Crippen LogP contribution in [-0.4, -0.2) is 70.7 Å². The number of alkyl halides is 3. The van der Waals surface area contributed by atoms with Crippen LogP contribution in [0.2, 0.25) is 0 Å². The zero-order chi connectivity index (χ0) is 29.6. The van der Waals surface area contributed by atoms with Gasteiger partial charge >= 0.3 is 12.1 Å². The van der Waals surface area contributed by atoms with Crippen LogP contribution in [0.15, 0.2) is 60.9 Å². The van der Waals surface area contributed by atoms with Crippen molar-refractivity contribution in [3.63, 3.8) is 0 Å². The van der Waals surface area contributed by atoms with Crippen LogP contribution in [0.1, 0.15) is 38.3 Å². The predicted octanol–water partition coefficient (Wildman–Crippen LogP) is 4.26. The van der Waals surface area contributed by atoms with Gasteiger partial charge in [0.1, 0.15) is 5.69 Å². The van der Waals surface area contributed by atoms with Crippen molar-refractivity contribution in [3.05, 3.63) is 94.4 Å². The van der Waals surface area contributed by atoms with E-state index < -0.39 is 11.7 Å². The van der Waals surface area contributed by atoms with Crippen molar-refractivity contribution in [2.24, 2.45) is 0 Å². The second-order valence-electron chi connectivity index (χ2n) is 9.70. The van der Waals surface area contributed by atoms with Crippen LogP contribution in [0.3, 0.4) is 0 Å². The van der Waals surface area contributed by atoms with Crippen molar-refractivity contribution in [3.8, 4) is 11.8 Å². The molecular weight excluding hydrogens is 533 g/mol. The second-order valence-corrected chi connectivity index (χ2v) is 9.70. The van der Waals surface area contributed by atoms with Crippen LogP contribution in [0.25, 0.3) is 5.65 Å². The van der Waals surface area contributed by atoms with Crippen LogP contribution in [0.5, 0.6) is 0 Å². The number of benzene rings is 2. The van der Waals surface area contributed by atoms with Crippen LogP contribution < -0.4 is 5.73 Å². The Bertz CT molecular complexity index is 1580. The Labute approximate surface area is 236 Å². The van der Waals surface area contributed by atoms with Gasteiger partial charge in [-0.15, -0.1) is 0 Å². The van der Waals surface area contributed by atoms with Crippen molar-refractivity contribution in [2.45, 2.75) is 19.6 Å². The highest BCUT2D eigenvalue weighted by Gasteiger charge is 2.34. The lowest BCUT2D eigenvalue weighted by molar-refractivity contribution is -0.138. The van der Waals surface area contributed by atoms with Crippen molar-refractivity contribution in [2.75, 3.05) is 46.1 Å². The molecule has 1 saturated heterocycles. The number of halogens is 3. The molecule has 41 heavy (non-hydrogen) atoms. The van der Waals surface area contributed by atoms with E-state index in [4.69, 9.17) is 10.5 Å². The summed E-state index contributed by atoms with van der Waals surface area (Å²) in [4.78, 5) is 20.0. The van der Waals surface area contributed by atoms with Gasteiger partial charge < -0.3 is 15.4 Å². The van der Waals surface area contributed by atoms with Gasteiger partial charge in [-0.05, 0) is 67.4 Å². The van der Waals surface area contributed by atoms with Gasteiger partial charge in [-0.25, -0.2) is 14.3 Å². The number of carbonyl (C=O) groups is 1. The molecule has 2 aromatic carbocycles. The Morgan fingerprint density at radius 3 is 2.54 bits per heavy atom. The fourth-order valence-corrected chi connectivity index (χ4v) is 4.29. The first-order chi connectivity index (χ1) is 19.5. The summed E-state index contributed by atoms with van der Waals surface area (Å²) in [6.07, 6.45) is -0.991. The van der Waals surface area contributed by atoms with Crippen LogP contribution >= 0.6 is 0 Å². The highest BCUT2D eigenvalue weighted by molar-refractivity contribution is 5.89. The zero-order valence-corrected chi connectivity index (χ0v) is 23.1. The first-order valence-electron chi connectivity index (χ1n) is 12.9. The number of aromatic nitrogens is 3. The molecule has 0 saturated carbocycles. The Morgan fingerprint density at radius 2 is 1.83 bits per heavy atom. The molecule has 1 aliphatic heterocycles. The predicted molar refractivity (Wildman–Crippen MR) is 150 cm³/mol. The summed E-state index contributed by atoms with van der Waals surface area (Å²) in [5.74, 6) is 5.74. The molecule has 0 aliphatic carbocycles. The minimum Gasteiger partial charge on any atom is -0.465 e. The summed E-state index contributed by atoms with van der Waals surface area (Å²) in [5, 5.41) is 4.21. The number of nitrogen functional groups attached to an aromatic ring is 1. The van der Waals surface area contributed by atoms with E-state index >= 15 is 0 Å². The van der Waals surface area contributed by atoms with E-state index in [0.717, 1.165) is 49.0 Å². The van der Waals surface area contributed by atoms with Gasteiger partial charge in [-0.1, -0.05) is 18.1 Å². The molecule has 3 heterocycles. The number of rotatable bonds is 3. The Balaban J connectivity index is 0.000000191. The molecular formula is C30H31F3N6O2. The van der Waals surface area contributed by atoms with E-state index in [1.165, 1.54) is 19.2 Å². The molecule has 2 aromatic heterocycles. The minimum absolute atomic E-state index is 0.148. The number of likely N-dealkylation sites (N-methyl/N-ethyl adjacent to an activating group) is 1. The van der Waals surface area contributed by atoms with E-state index in [2.05, 4.69) is 26.8 Å². The third-order valence-electron chi connectivity index (χ3n) is 6.69. The molecule has 0 amide bonds. The van der Waals surface area contributed by atoms with Crippen molar-refractivity contribution < 1.29 is 22.7 Å². The fraction of sp³-hybridized carbons (Fsp3) is 0.300. The number of fused-ring (bicyclic) bond motifs is 1. The van der Waals surface area contributed by atoms with Crippen molar-refractivity contribution in [1.29, 1.82) is 0 Å². The summed E-state index contributed by atoms with van der Waals surface area (Å²) in [6, 6.07) is 13.0. The summed E-state index contributed by atoms with van der Waals surface area (Å²) < 4.78 is 45.3. The molecule has 0 unspecified atom stereocenters. The maximum atomic E-state index is 13.0. The number of nitrogens with zero attached hydrogens (tertiary/aromatic N) is 5. The lowest BCUT2D eigenvalue weighted by Gasteiger charge is -2.32. The number of aryl methyl sites for hydroxylation is 1. The Morgan fingerprint density at radius 1 is 1.07 bits per heavy atom. The van der Waals surface area contributed by atoms with Crippen molar-refractivity contribution >= 4 is 17.3 Å². The molecule has 0 atom stereocenters. The number of hydrogen-bond donors (Lipinski definition) is 1. The molecule has 1 fully saturated rings. The van der Waals surface area contributed by atoms with Gasteiger partial charge in [-0.2, -0.15) is 18.3 Å². The Kier molecular flexibility index (Phi) is 9.27. The van der Waals surface area contributed by atoms with E-state index in [-0.39, 0.29) is 11.7 Å². The van der Waals surface area contributed by atoms with Crippen LogP contribution in [-0.2, 0) is 17.5 Å². The molecule has 0 bridgehead atoms. The second kappa shape index (κ2) is 12.8. The Hall–Kier alpha value is -4.40. The third-order valence-corrected chi connectivity index (χ3v) is 6.69. The van der Waals surface area contributed by atoms with E-state index in [1.807, 2.05) is 37.1 Å². The largest absolute Gasteiger partial charge is 0.465 e. The highest BCUT2D eigenvalue weighted by atomic mass is 19.4. The topological polar surface area (TPSA) is 89.0 Å². The first kappa shape index (κ1) is 29.6. The van der Waals surface area contributed by atoms with Crippen molar-refractivity contribution in [1.82, 2.24) is 24.4 Å². The molecule has 214 valence electrons. The third kappa shape index (κ3) is 7.63. The van der Waals surface area contributed by atoms with E-state index in [9.17, 15) is 18.0 Å². The standard InChI is InChI=1S/C17H13N3O2.C13H18F3N3/c1-12-5-6-14(17(21)22-2)10-13(12)7-8-15-11-18-16-4-3-9-19-20(15)16;1-18-4-6-19(7-5-18)9-10-2-3-11(17)8-12(10)13(14,15)16/h3-6,9-11H,1-2H3;2-3,8H,4-7,9,17H2,1H3. The molecule has 8 nitrogen and oxygen atoms in total. The SMILES string of the molecule is CN1CCN(Cc2ccc(N)cc2C(F)(F)F)CC1.COC(=O)c1ccc(C)c(C#Cc2cnc3cccnn23)c1. The fourth-order valence-electron chi connectivity index (χ4n) is 4.29. The molecule has 0 spiro atoms. The molecule has 11 heteroatoms. The lowest BCUT2D eigenvalue weighted by atomic mass is 10.1. The van der Waals surface area contributed by atoms with Crippen LogP contribution in [0.4, 0.5) is 18.9 Å². The number of carbonyl (C=O) groups excluding carboxylic acids is 1. The lowest BCUT2D eigenvalue weighted by Crippen LogP contribution is -2.44. The monoisotopic (exact) mass is 564 g/mol. The summed E-state index contributed by atoms with van der Waals surface area (Å²) in [5.41, 5.74) is 8.96. The molecule has 4 aromatic rings. The molecule has 2 N–H and O–H groups in total. The average molecular weight is 565 g/mol. The summed E-state index contributed by atoms with van der Waals surface area (Å²) in [6.45, 7) is 5.61. The minimum atomic E-state index is -4.35. The van der Waals surface area contributed by atoms with Gasteiger partial charge in [0.15, 0.2) is 5.65 Å². The van der Waals surface area contributed by atoms with Gasteiger partial charge in [-0.3, -0.25) is 4.90 Å². The number of methoxy groups -OCH3 is 1. The van der Waals surface area contributed by atoms with Gasteiger partial charge in [0.25, 0.3) is 0 Å². The zero-order valence-electron chi connectivity index (χ0n) is 23.1. The average Bonchev–Trinajstić information content (AvgIpc) is 3.37. The number of ether oxygens (including phenoxy) is 1. The molecule has 1 aliphatic rings. The number of hydrogen-bond acceptors (Lipinski definition) is 7.